The molecule has 2 heteroatoms. The number of hydrogen-bond acceptors (Lipinski definition) is 2. The molecule has 2 atom stereocenters. The maximum absolute atomic E-state index is 5.42. The van der Waals surface area contributed by atoms with Gasteiger partial charge in [-0.3, -0.25) is 0 Å². The highest BCUT2D eigenvalue weighted by atomic mass is 16.5. The Kier molecular flexibility index (Phi) is 5.64. The highest BCUT2D eigenvalue weighted by Crippen LogP contribution is 2.00. The lowest BCUT2D eigenvalue weighted by Gasteiger charge is -2.25. The largest absolute Gasteiger partial charge is 0.373 e. The number of nitrogens with one attached hydrogen (secondary N) is 1. The summed E-state index contributed by atoms with van der Waals surface area (Å²) in [6.45, 7) is 10.2. The average molecular weight is 145 g/mol. The van der Waals surface area contributed by atoms with Crippen molar-refractivity contribution in [1.29, 1.82) is 0 Å². The summed E-state index contributed by atoms with van der Waals surface area (Å²) in [5.74, 6) is 0. The lowest BCUT2D eigenvalue weighted by molar-refractivity contribution is -0.0166. The van der Waals surface area contributed by atoms with Crippen LogP contribution in [0.5, 0.6) is 0 Å². The minimum absolute atomic E-state index is 0.402. The van der Waals surface area contributed by atoms with Crippen molar-refractivity contribution in [1.82, 2.24) is 5.32 Å². The first-order valence-electron chi connectivity index (χ1n) is 4.15. The van der Waals surface area contributed by atoms with Crippen molar-refractivity contribution in [2.75, 3.05) is 13.1 Å². The lowest BCUT2D eigenvalue weighted by atomic mass is 10.3. The van der Waals surface area contributed by atoms with E-state index in [0.717, 1.165) is 13.1 Å². The summed E-state index contributed by atoms with van der Waals surface area (Å²) in [7, 11) is 0. The zero-order chi connectivity index (χ0) is 7.98. The van der Waals surface area contributed by atoms with Crippen LogP contribution in [0.1, 0.15) is 27.7 Å². The van der Waals surface area contributed by atoms with E-state index in [1.807, 2.05) is 13.8 Å². The molecule has 1 saturated heterocycles. The highest BCUT2D eigenvalue weighted by molar-refractivity contribution is 4.66. The molecule has 1 rings (SSSR count). The van der Waals surface area contributed by atoms with E-state index in [1.165, 1.54) is 0 Å². The molecule has 0 saturated carbocycles. The smallest absolute Gasteiger partial charge is 0.0675 e. The summed E-state index contributed by atoms with van der Waals surface area (Å²) in [6, 6.07) is 0. The Morgan fingerprint density at radius 1 is 1.10 bits per heavy atom. The maximum Gasteiger partial charge on any atom is 0.0675 e. The topological polar surface area (TPSA) is 21.3 Å². The number of rotatable bonds is 0. The molecule has 1 N–H and O–H groups in total. The summed E-state index contributed by atoms with van der Waals surface area (Å²) in [6.07, 6.45) is 0.803. The molecule has 2 nitrogen and oxygen atoms in total. The predicted octanol–water partition coefficient (Wildman–Crippen LogP) is 1.41. The minimum Gasteiger partial charge on any atom is -0.373 e. The summed E-state index contributed by atoms with van der Waals surface area (Å²) < 4.78 is 5.42. The molecule has 0 radical (unpaired) electrons. The van der Waals surface area contributed by atoms with E-state index >= 15 is 0 Å². The van der Waals surface area contributed by atoms with E-state index in [1.54, 1.807) is 0 Å². The molecule has 0 aromatic carbocycles. The van der Waals surface area contributed by atoms with Crippen LogP contribution in [0.4, 0.5) is 0 Å². The quantitative estimate of drug-likeness (QED) is 0.556. The van der Waals surface area contributed by atoms with E-state index < -0.39 is 0 Å². The van der Waals surface area contributed by atoms with Gasteiger partial charge in [-0.05, 0) is 13.8 Å². The van der Waals surface area contributed by atoms with Crippen LogP contribution in [0.25, 0.3) is 0 Å². The van der Waals surface area contributed by atoms with E-state index in [0.29, 0.717) is 12.2 Å². The van der Waals surface area contributed by atoms with Crippen molar-refractivity contribution in [3.8, 4) is 0 Å². The van der Waals surface area contributed by atoms with Crippen LogP contribution in [-0.4, -0.2) is 25.3 Å². The first kappa shape index (κ1) is 9.92. The van der Waals surface area contributed by atoms with Crippen molar-refractivity contribution in [3.05, 3.63) is 0 Å². The SMILES string of the molecule is CC.CC1CNC[C@H](C)O1. The third-order valence-corrected chi connectivity index (χ3v) is 1.33. The summed E-state index contributed by atoms with van der Waals surface area (Å²) in [5, 5.41) is 3.26. The van der Waals surface area contributed by atoms with Gasteiger partial charge in [0.2, 0.25) is 0 Å². The summed E-state index contributed by atoms with van der Waals surface area (Å²) in [4.78, 5) is 0. The van der Waals surface area contributed by atoms with Crippen molar-refractivity contribution < 1.29 is 4.74 Å². The Morgan fingerprint density at radius 2 is 1.50 bits per heavy atom. The Balaban J connectivity index is 0.000000371. The van der Waals surface area contributed by atoms with Gasteiger partial charge in [0, 0.05) is 13.1 Å². The Labute approximate surface area is 64.0 Å². The van der Waals surface area contributed by atoms with Crippen molar-refractivity contribution in [3.63, 3.8) is 0 Å². The van der Waals surface area contributed by atoms with Crippen LogP contribution in [-0.2, 0) is 4.74 Å². The molecule has 0 bridgehead atoms. The van der Waals surface area contributed by atoms with Gasteiger partial charge in [-0.25, -0.2) is 0 Å². The molecule has 1 aliphatic rings. The number of ether oxygens (including phenoxy) is 1. The zero-order valence-electron chi connectivity index (χ0n) is 7.48. The number of morpholine rings is 1. The summed E-state index contributed by atoms with van der Waals surface area (Å²) >= 11 is 0. The second-order valence-corrected chi connectivity index (χ2v) is 2.42. The maximum atomic E-state index is 5.42. The van der Waals surface area contributed by atoms with Crippen LogP contribution in [0, 0.1) is 0 Å². The Morgan fingerprint density at radius 3 is 1.70 bits per heavy atom. The monoisotopic (exact) mass is 145 g/mol. The summed E-state index contributed by atoms with van der Waals surface area (Å²) in [5.41, 5.74) is 0. The fraction of sp³-hybridized carbons (Fsp3) is 1.00. The normalized spacial score (nSPS) is 32.4. The van der Waals surface area contributed by atoms with Gasteiger partial charge in [-0.1, -0.05) is 13.8 Å². The predicted molar refractivity (Wildman–Crippen MR) is 44.2 cm³/mol. The lowest BCUT2D eigenvalue weighted by Crippen LogP contribution is -2.41. The molecule has 0 aromatic rings. The van der Waals surface area contributed by atoms with Crippen LogP contribution in [0.2, 0.25) is 0 Å². The van der Waals surface area contributed by atoms with E-state index in [9.17, 15) is 0 Å². The van der Waals surface area contributed by atoms with Gasteiger partial charge in [-0.2, -0.15) is 0 Å². The molecule has 1 aliphatic heterocycles. The van der Waals surface area contributed by atoms with Crippen LogP contribution < -0.4 is 5.32 Å². The van der Waals surface area contributed by atoms with Crippen LogP contribution >= 0.6 is 0 Å². The van der Waals surface area contributed by atoms with Crippen LogP contribution in [0.15, 0.2) is 0 Å². The highest BCUT2D eigenvalue weighted by Gasteiger charge is 2.12. The third-order valence-electron chi connectivity index (χ3n) is 1.33. The van der Waals surface area contributed by atoms with Gasteiger partial charge in [0.1, 0.15) is 0 Å². The molecule has 62 valence electrons. The van der Waals surface area contributed by atoms with Gasteiger partial charge in [0.25, 0.3) is 0 Å². The van der Waals surface area contributed by atoms with Crippen molar-refractivity contribution in [2.24, 2.45) is 0 Å². The molecule has 0 aromatic heterocycles. The van der Waals surface area contributed by atoms with Gasteiger partial charge in [0.15, 0.2) is 0 Å². The first-order valence-corrected chi connectivity index (χ1v) is 4.15. The molecule has 0 amide bonds. The third kappa shape index (κ3) is 3.85. The minimum atomic E-state index is 0.402. The second kappa shape index (κ2) is 5.69. The molecule has 0 aliphatic carbocycles. The zero-order valence-corrected chi connectivity index (χ0v) is 7.48. The van der Waals surface area contributed by atoms with Crippen molar-refractivity contribution >= 4 is 0 Å². The Bertz CT molecular complexity index is 67.7. The Hall–Kier alpha value is -0.0800. The second-order valence-electron chi connectivity index (χ2n) is 2.42. The van der Waals surface area contributed by atoms with Gasteiger partial charge in [-0.15, -0.1) is 0 Å². The fourth-order valence-electron chi connectivity index (χ4n) is 0.983. The van der Waals surface area contributed by atoms with Gasteiger partial charge in [0.05, 0.1) is 12.2 Å². The van der Waals surface area contributed by atoms with E-state index in [-0.39, 0.29) is 0 Å². The van der Waals surface area contributed by atoms with Crippen LogP contribution in [0.3, 0.4) is 0 Å². The molecular weight excluding hydrogens is 126 g/mol. The molecule has 1 fully saturated rings. The van der Waals surface area contributed by atoms with Gasteiger partial charge >= 0.3 is 0 Å². The molecule has 10 heavy (non-hydrogen) atoms. The molecule has 0 spiro atoms. The molecule has 1 heterocycles. The fourth-order valence-corrected chi connectivity index (χ4v) is 0.983. The van der Waals surface area contributed by atoms with Gasteiger partial charge < -0.3 is 10.1 Å². The van der Waals surface area contributed by atoms with E-state index in [2.05, 4.69) is 19.2 Å². The van der Waals surface area contributed by atoms with Crippen molar-refractivity contribution in [2.45, 2.75) is 39.9 Å². The van der Waals surface area contributed by atoms with E-state index in [4.69, 9.17) is 4.74 Å². The molecule has 1 unspecified atom stereocenters. The average Bonchev–Trinajstić information content (AvgIpc) is 1.91. The standard InChI is InChI=1S/C6H13NO.C2H6/c1-5-3-7-4-6(2)8-5;1-2/h5-7H,3-4H2,1-2H3;1-2H3/t5-,6?;/m0./s1. The first-order chi connectivity index (χ1) is 4.79. The molecular formula is C8H19NO. The number of hydrogen-bond donors (Lipinski definition) is 1.